The molecule has 2 unspecified atom stereocenters. The summed E-state index contributed by atoms with van der Waals surface area (Å²) in [6.45, 7) is 0. The molecule has 0 aromatic heterocycles. The molecule has 0 fully saturated rings. The summed E-state index contributed by atoms with van der Waals surface area (Å²) in [5.41, 5.74) is 16.6. The Morgan fingerprint density at radius 3 is 1.24 bits per heavy atom. The number of rotatable bonds is 2. The zero-order valence-corrected chi connectivity index (χ0v) is 25.2. The molecule has 0 saturated heterocycles. The van der Waals surface area contributed by atoms with E-state index in [-0.39, 0.29) is 0 Å². The Morgan fingerprint density at radius 1 is 0.261 bits per heavy atom. The molecule has 0 bridgehead atoms. The Hall–Kier alpha value is -5.72. The van der Waals surface area contributed by atoms with Gasteiger partial charge in [-0.05, 0) is 142 Å². The van der Waals surface area contributed by atoms with Gasteiger partial charge >= 0.3 is 0 Å². The second-order valence-corrected chi connectivity index (χ2v) is 13.3. The van der Waals surface area contributed by atoms with Crippen LogP contribution in [-0.4, -0.2) is 0 Å². The van der Waals surface area contributed by atoms with Crippen molar-refractivity contribution in [2.75, 3.05) is 0 Å². The lowest BCUT2D eigenvalue weighted by molar-refractivity contribution is 0.758. The van der Waals surface area contributed by atoms with E-state index >= 15 is 0 Å². The van der Waals surface area contributed by atoms with E-state index in [1.54, 1.807) is 0 Å². The average Bonchev–Trinajstić information content (AvgIpc) is 3.59. The molecule has 4 aliphatic carbocycles. The minimum Gasteiger partial charge on any atom is -0.0622 e. The topological polar surface area (TPSA) is 0 Å². The van der Waals surface area contributed by atoms with Crippen LogP contribution in [0.4, 0.5) is 0 Å². The van der Waals surface area contributed by atoms with E-state index < -0.39 is 0 Å². The lowest BCUT2D eigenvalue weighted by Gasteiger charge is -2.30. The van der Waals surface area contributed by atoms with Crippen molar-refractivity contribution in [3.63, 3.8) is 0 Å². The van der Waals surface area contributed by atoms with Crippen molar-refractivity contribution < 1.29 is 0 Å². The minimum absolute atomic E-state index is 0.387. The van der Waals surface area contributed by atoms with E-state index in [0.717, 1.165) is 0 Å². The molecular weight excluding hydrogens is 553 g/mol. The lowest BCUT2D eigenvalue weighted by Crippen LogP contribution is -2.17. The standard InChI is InChI=1S/C46H28/c1-2-8-27(9-3-1)35-12-6-7-13-36(35)31-15-14-30-20-33-25-43-39-18-16-37-41-23-28-10-4-5-11-29(28)24-42(41)38-17-19-40(46(39)45(37)38)44(43)26-34(33)22-32(30)21-31/h1-26,45-46H. The van der Waals surface area contributed by atoms with Gasteiger partial charge in [-0.15, -0.1) is 0 Å². The molecule has 0 N–H and O–H groups in total. The molecule has 0 nitrogen and oxygen atoms in total. The SMILES string of the molecule is C1=C2c3cc4ccccc4cc3C3=CC=C4c5cc6cc7cc(-c8ccccc8-c8ccccc8)ccc7cc6cc5C(=C1)C4C23. The molecule has 0 amide bonds. The Balaban J connectivity index is 1.05. The molecule has 0 aliphatic heterocycles. The number of hydrogen-bond donors (Lipinski definition) is 0. The maximum absolute atomic E-state index is 2.47. The molecule has 212 valence electrons. The van der Waals surface area contributed by atoms with Crippen LogP contribution in [0.25, 0.3) is 76.9 Å². The van der Waals surface area contributed by atoms with Crippen LogP contribution in [0.2, 0.25) is 0 Å². The summed E-state index contributed by atoms with van der Waals surface area (Å²) in [7, 11) is 0. The van der Waals surface area contributed by atoms with Gasteiger partial charge in [0.1, 0.15) is 0 Å². The van der Waals surface area contributed by atoms with Crippen LogP contribution in [0, 0.1) is 11.8 Å². The van der Waals surface area contributed by atoms with Gasteiger partial charge in [-0.2, -0.15) is 0 Å². The van der Waals surface area contributed by atoms with Crippen LogP contribution < -0.4 is 0 Å². The highest BCUT2D eigenvalue weighted by molar-refractivity contribution is 6.12. The van der Waals surface area contributed by atoms with E-state index in [9.17, 15) is 0 Å². The van der Waals surface area contributed by atoms with Crippen molar-refractivity contribution in [1.82, 2.24) is 0 Å². The highest BCUT2D eigenvalue weighted by Gasteiger charge is 2.47. The number of hydrogen-bond acceptors (Lipinski definition) is 0. The molecule has 0 radical (unpaired) electrons. The fraction of sp³-hybridized carbons (Fsp3) is 0.0435. The summed E-state index contributed by atoms with van der Waals surface area (Å²) in [6, 6.07) is 49.8. The van der Waals surface area contributed by atoms with Gasteiger partial charge in [0.25, 0.3) is 0 Å². The van der Waals surface area contributed by atoms with Gasteiger partial charge in [-0.3, -0.25) is 0 Å². The fourth-order valence-corrected chi connectivity index (χ4v) is 8.87. The summed E-state index contributed by atoms with van der Waals surface area (Å²) in [6.07, 6.45) is 9.69. The van der Waals surface area contributed by atoms with E-state index in [0.29, 0.717) is 11.8 Å². The first kappa shape index (κ1) is 24.6. The van der Waals surface area contributed by atoms with Gasteiger partial charge in [-0.1, -0.05) is 115 Å². The summed E-state index contributed by atoms with van der Waals surface area (Å²) in [5, 5.41) is 7.83. The first-order chi connectivity index (χ1) is 22.8. The van der Waals surface area contributed by atoms with Gasteiger partial charge in [0.2, 0.25) is 0 Å². The quantitative estimate of drug-likeness (QED) is 0.178. The average molecular weight is 581 g/mol. The predicted molar refractivity (Wildman–Crippen MR) is 195 cm³/mol. The second-order valence-electron chi connectivity index (χ2n) is 13.3. The molecule has 11 rings (SSSR count). The predicted octanol–water partition coefficient (Wildman–Crippen LogP) is 12.0. The van der Waals surface area contributed by atoms with Crippen LogP contribution >= 0.6 is 0 Å². The molecule has 7 aromatic rings. The van der Waals surface area contributed by atoms with E-state index in [2.05, 4.69) is 158 Å². The Bertz CT molecular complexity index is 2620. The molecule has 0 spiro atoms. The first-order valence-corrected chi connectivity index (χ1v) is 16.3. The maximum atomic E-state index is 2.47. The molecule has 0 saturated carbocycles. The largest absolute Gasteiger partial charge is 0.0622 e. The highest BCUT2D eigenvalue weighted by atomic mass is 14.5. The molecule has 0 heteroatoms. The van der Waals surface area contributed by atoms with Crippen LogP contribution in [0.1, 0.15) is 22.3 Å². The monoisotopic (exact) mass is 580 g/mol. The zero-order valence-electron chi connectivity index (χ0n) is 25.2. The molecule has 46 heavy (non-hydrogen) atoms. The lowest BCUT2D eigenvalue weighted by atomic mass is 9.72. The van der Waals surface area contributed by atoms with Crippen molar-refractivity contribution in [3.8, 4) is 22.3 Å². The van der Waals surface area contributed by atoms with Crippen molar-refractivity contribution in [2.45, 2.75) is 0 Å². The molecule has 2 atom stereocenters. The van der Waals surface area contributed by atoms with Gasteiger partial charge in [0.15, 0.2) is 0 Å². The Morgan fingerprint density at radius 2 is 0.674 bits per heavy atom. The first-order valence-electron chi connectivity index (χ1n) is 16.3. The number of allylic oxidation sites excluding steroid dienone is 8. The van der Waals surface area contributed by atoms with E-state index in [4.69, 9.17) is 0 Å². The second kappa shape index (κ2) is 8.93. The van der Waals surface area contributed by atoms with Gasteiger partial charge in [0, 0.05) is 11.8 Å². The van der Waals surface area contributed by atoms with Gasteiger partial charge < -0.3 is 0 Å². The maximum Gasteiger partial charge on any atom is 0.0211 e. The van der Waals surface area contributed by atoms with Crippen LogP contribution in [0.3, 0.4) is 0 Å². The van der Waals surface area contributed by atoms with Gasteiger partial charge in [0.05, 0.1) is 0 Å². The number of benzene rings is 7. The highest BCUT2D eigenvalue weighted by Crippen LogP contribution is 2.63. The summed E-state index contributed by atoms with van der Waals surface area (Å²) >= 11 is 0. The normalized spacial score (nSPS) is 18.5. The fourth-order valence-electron chi connectivity index (χ4n) is 8.87. The summed E-state index contributed by atoms with van der Waals surface area (Å²) < 4.78 is 0. The smallest absolute Gasteiger partial charge is 0.0211 e. The van der Waals surface area contributed by atoms with Gasteiger partial charge in [-0.25, -0.2) is 0 Å². The third-order valence-electron chi connectivity index (χ3n) is 10.9. The number of fused-ring (bicyclic) bond motifs is 9. The minimum atomic E-state index is 0.387. The van der Waals surface area contributed by atoms with Crippen LogP contribution in [-0.2, 0) is 0 Å². The van der Waals surface area contributed by atoms with Crippen molar-refractivity contribution in [2.24, 2.45) is 11.8 Å². The Kier molecular flexibility index (Phi) is 4.77. The van der Waals surface area contributed by atoms with Crippen molar-refractivity contribution >= 4 is 54.6 Å². The zero-order chi connectivity index (χ0) is 29.9. The summed E-state index contributed by atoms with van der Waals surface area (Å²) in [4.78, 5) is 0. The third-order valence-corrected chi connectivity index (χ3v) is 10.9. The van der Waals surface area contributed by atoms with Crippen molar-refractivity contribution in [1.29, 1.82) is 0 Å². The Labute approximate surface area is 268 Å². The molecule has 0 heterocycles. The molecule has 4 aliphatic rings. The third kappa shape index (κ3) is 3.28. The van der Waals surface area contributed by atoms with E-state index in [1.807, 2.05) is 0 Å². The van der Waals surface area contributed by atoms with Crippen LogP contribution in [0.15, 0.2) is 158 Å². The molecular formula is C46H28. The van der Waals surface area contributed by atoms with E-state index in [1.165, 1.54) is 99.1 Å². The summed E-state index contributed by atoms with van der Waals surface area (Å²) in [5.74, 6) is 0.784. The molecule has 7 aromatic carbocycles. The van der Waals surface area contributed by atoms with Crippen molar-refractivity contribution in [3.05, 3.63) is 180 Å². The van der Waals surface area contributed by atoms with Crippen LogP contribution in [0.5, 0.6) is 0 Å².